The number of Topliss-reactive ketones (excluding diaryl/α,β-unsaturated/α-hetero) is 1. The van der Waals surface area contributed by atoms with E-state index in [1.54, 1.807) is 12.4 Å². The Morgan fingerprint density at radius 1 is 1.14 bits per heavy atom. The van der Waals surface area contributed by atoms with Crippen molar-refractivity contribution >= 4 is 5.78 Å². The van der Waals surface area contributed by atoms with Crippen LogP contribution in [0.4, 0.5) is 0 Å². The molecule has 0 radical (unpaired) electrons. The second kappa shape index (κ2) is 7.23. The van der Waals surface area contributed by atoms with Gasteiger partial charge in [0.05, 0.1) is 24.0 Å². The minimum atomic E-state index is -0.733. The molecule has 0 saturated heterocycles. The van der Waals surface area contributed by atoms with Gasteiger partial charge in [-0.3, -0.25) is 9.78 Å². The molecule has 1 N–H and O–H groups in total. The van der Waals surface area contributed by atoms with Crippen LogP contribution in [0.1, 0.15) is 41.8 Å². The van der Waals surface area contributed by atoms with Crippen molar-refractivity contribution in [3.05, 3.63) is 65.2 Å². The summed E-state index contributed by atoms with van der Waals surface area (Å²) in [5.74, 6) is 1.57. The number of hydrogen-bond acceptors (Lipinski definition) is 4. The number of rotatable bonds is 6. The molecule has 1 aliphatic rings. The number of imidazole rings is 1. The SMILES string of the molecule is Cc1cc(C)c(OC2(C(=O)Cc3ncc(-c4ccccn4)[nH]3)CCC2)c(C)c1. The molecular formula is C23H25N3O2. The third-order valence-corrected chi connectivity index (χ3v) is 5.47. The molecule has 0 amide bonds. The van der Waals surface area contributed by atoms with Gasteiger partial charge in [0.25, 0.3) is 0 Å². The van der Waals surface area contributed by atoms with Crippen molar-refractivity contribution in [2.24, 2.45) is 0 Å². The van der Waals surface area contributed by atoms with Gasteiger partial charge in [-0.25, -0.2) is 4.98 Å². The molecule has 2 aromatic heterocycles. The van der Waals surface area contributed by atoms with Gasteiger partial charge in [0, 0.05) is 6.20 Å². The first-order valence-corrected chi connectivity index (χ1v) is 9.72. The standard InChI is InChI=1S/C23H25N3O2/c1-15-11-16(2)22(17(3)12-15)28-23(8-6-9-23)20(27)13-21-25-14-19(26-21)18-7-4-5-10-24-18/h4-5,7,10-12,14H,6,8-9,13H2,1-3H3,(H,25,26). The van der Waals surface area contributed by atoms with E-state index in [1.165, 1.54) is 5.56 Å². The van der Waals surface area contributed by atoms with Gasteiger partial charge in [0.2, 0.25) is 0 Å². The van der Waals surface area contributed by atoms with E-state index in [0.717, 1.165) is 47.5 Å². The highest BCUT2D eigenvalue weighted by Gasteiger charge is 2.46. The Kier molecular flexibility index (Phi) is 4.75. The summed E-state index contributed by atoms with van der Waals surface area (Å²) < 4.78 is 6.38. The van der Waals surface area contributed by atoms with Crippen molar-refractivity contribution in [2.45, 2.75) is 52.1 Å². The zero-order valence-electron chi connectivity index (χ0n) is 16.6. The molecule has 1 saturated carbocycles. The van der Waals surface area contributed by atoms with Gasteiger partial charge in [-0.2, -0.15) is 0 Å². The molecule has 0 aliphatic heterocycles. The largest absolute Gasteiger partial charge is 0.479 e. The summed E-state index contributed by atoms with van der Waals surface area (Å²) in [6, 6.07) is 9.92. The smallest absolute Gasteiger partial charge is 0.183 e. The van der Waals surface area contributed by atoms with Crippen molar-refractivity contribution in [2.75, 3.05) is 0 Å². The number of ketones is 1. The average Bonchev–Trinajstić information content (AvgIpc) is 3.09. The fourth-order valence-corrected chi connectivity index (χ4v) is 3.88. The molecule has 2 heterocycles. The molecule has 0 bridgehead atoms. The molecule has 1 aliphatic carbocycles. The highest BCUT2D eigenvalue weighted by Crippen LogP contribution is 2.40. The lowest BCUT2D eigenvalue weighted by atomic mass is 9.75. The zero-order chi connectivity index (χ0) is 19.7. The molecule has 28 heavy (non-hydrogen) atoms. The maximum atomic E-state index is 13.2. The van der Waals surface area contributed by atoms with Gasteiger partial charge in [-0.1, -0.05) is 23.8 Å². The Labute approximate surface area is 165 Å². The van der Waals surface area contributed by atoms with Crippen molar-refractivity contribution < 1.29 is 9.53 Å². The highest BCUT2D eigenvalue weighted by molar-refractivity contribution is 5.90. The van der Waals surface area contributed by atoms with Gasteiger partial charge in [-0.05, 0) is 63.3 Å². The van der Waals surface area contributed by atoms with Gasteiger partial charge in [0.15, 0.2) is 11.4 Å². The quantitative estimate of drug-likeness (QED) is 0.688. The first kappa shape index (κ1) is 18.4. The number of nitrogens with zero attached hydrogens (tertiary/aromatic N) is 2. The van der Waals surface area contributed by atoms with E-state index >= 15 is 0 Å². The predicted molar refractivity (Wildman–Crippen MR) is 108 cm³/mol. The lowest BCUT2D eigenvalue weighted by Gasteiger charge is -2.41. The molecule has 3 aromatic rings. The van der Waals surface area contributed by atoms with Gasteiger partial charge in [-0.15, -0.1) is 0 Å². The van der Waals surface area contributed by atoms with Crippen LogP contribution in [0.5, 0.6) is 5.75 Å². The summed E-state index contributed by atoms with van der Waals surface area (Å²) in [7, 11) is 0. The Bertz CT molecular complexity index is 981. The molecule has 1 fully saturated rings. The number of pyridine rings is 1. The molecule has 4 rings (SSSR count). The van der Waals surface area contributed by atoms with Gasteiger partial charge < -0.3 is 9.72 Å². The van der Waals surface area contributed by atoms with Gasteiger partial charge >= 0.3 is 0 Å². The number of benzene rings is 1. The fraction of sp³-hybridized carbons (Fsp3) is 0.348. The van der Waals surface area contributed by atoms with E-state index < -0.39 is 5.60 Å². The van der Waals surface area contributed by atoms with E-state index in [-0.39, 0.29) is 12.2 Å². The number of nitrogens with one attached hydrogen (secondary N) is 1. The number of carbonyl (C=O) groups excluding carboxylic acids is 1. The van der Waals surface area contributed by atoms with Crippen LogP contribution < -0.4 is 4.74 Å². The first-order chi connectivity index (χ1) is 13.5. The average molecular weight is 375 g/mol. The van der Waals surface area contributed by atoms with Crippen molar-refractivity contribution in [3.8, 4) is 17.1 Å². The molecule has 5 nitrogen and oxygen atoms in total. The lowest BCUT2D eigenvalue weighted by Crippen LogP contribution is -2.51. The summed E-state index contributed by atoms with van der Waals surface area (Å²) in [5, 5.41) is 0. The van der Waals surface area contributed by atoms with Crippen LogP contribution in [0, 0.1) is 20.8 Å². The number of aromatic nitrogens is 3. The summed E-state index contributed by atoms with van der Waals surface area (Å²) in [6.45, 7) is 6.15. The summed E-state index contributed by atoms with van der Waals surface area (Å²) in [6.07, 6.45) is 6.22. The maximum absolute atomic E-state index is 13.2. The number of aromatic amines is 1. The number of carbonyl (C=O) groups is 1. The fourth-order valence-electron chi connectivity index (χ4n) is 3.88. The van der Waals surface area contributed by atoms with Crippen LogP contribution in [0.25, 0.3) is 11.4 Å². The maximum Gasteiger partial charge on any atom is 0.183 e. The molecular weight excluding hydrogens is 350 g/mol. The van der Waals surface area contributed by atoms with Crippen molar-refractivity contribution in [1.82, 2.24) is 15.0 Å². The second-order valence-electron chi connectivity index (χ2n) is 7.74. The topological polar surface area (TPSA) is 67.9 Å². The molecule has 0 unspecified atom stereocenters. The lowest BCUT2D eigenvalue weighted by molar-refractivity contribution is -0.141. The Morgan fingerprint density at radius 3 is 2.50 bits per heavy atom. The van der Waals surface area contributed by atoms with Crippen LogP contribution in [0.3, 0.4) is 0 Å². The van der Waals surface area contributed by atoms with E-state index in [2.05, 4.69) is 34.0 Å². The number of H-pyrrole nitrogens is 1. The first-order valence-electron chi connectivity index (χ1n) is 9.72. The van der Waals surface area contributed by atoms with Crippen LogP contribution in [-0.4, -0.2) is 26.3 Å². The summed E-state index contributed by atoms with van der Waals surface area (Å²) >= 11 is 0. The third kappa shape index (κ3) is 3.44. The zero-order valence-corrected chi connectivity index (χ0v) is 16.6. The number of hydrogen-bond donors (Lipinski definition) is 1. The molecule has 5 heteroatoms. The second-order valence-corrected chi connectivity index (χ2v) is 7.74. The van der Waals surface area contributed by atoms with E-state index in [0.29, 0.717) is 5.82 Å². The Morgan fingerprint density at radius 2 is 1.89 bits per heavy atom. The predicted octanol–water partition coefficient (Wildman–Crippen LogP) is 4.51. The highest BCUT2D eigenvalue weighted by atomic mass is 16.5. The molecule has 0 spiro atoms. The molecule has 0 atom stereocenters. The van der Waals surface area contributed by atoms with Crippen LogP contribution in [0.2, 0.25) is 0 Å². The summed E-state index contributed by atoms with van der Waals surface area (Å²) in [4.78, 5) is 25.1. The van der Waals surface area contributed by atoms with Crippen LogP contribution in [-0.2, 0) is 11.2 Å². The van der Waals surface area contributed by atoms with E-state index in [9.17, 15) is 4.79 Å². The van der Waals surface area contributed by atoms with E-state index in [4.69, 9.17) is 4.74 Å². The van der Waals surface area contributed by atoms with Crippen molar-refractivity contribution in [1.29, 1.82) is 0 Å². The van der Waals surface area contributed by atoms with E-state index in [1.807, 2.05) is 32.0 Å². The monoisotopic (exact) mass is 375 g/mol. The normalized spacial score (nSPS) is 15.1. The molecule has 1 aromatic carbocycles. The third-order valence-electron chi connectivity index (χ3n) is 5.47. The van der Waals surface area contributed by atoms with Crippen molar-refractivity contribution in [3.63, 3.8) is 0 Å². The minimum Gasteiger partial charge on any atom is -0.479 e. The Balaban J connectivity index is 1.53. The minimum absolute atomic E-state index is 0.0834. The Hall–Kier alpha value is -2.95. The number of ether oxygens (including phenoxy) is 1. The van der Waals surface area contributed by atoms with Gasteiger partial charge in [0.1, 0.15) is 11.6 Å². The van der Waals surface area contributed by atoms with Crippen LogP contribution >= 0.6 is 0 Å². The summed E-state index contributed by atoms with van der Waals surface area (Å²) in [5.41, 5.74) is 4.25. The molecule has 144 valence electrons. The van der Waals surface area contributed by atoms with Crippen LogP contribution in [0.15, 0.2) is 42.7 Å². The number of aryl methyl sites for hydroxylation is 3.